The van der Waals surface area contributed by atoms with Crippen LogP contribution in [0.2, 0.25) is 9.36 Å². The Hall–Kier alpha value is -0.840. The van der Waals surface area contributed by atoms with E-state index in [2.05, 4.69) is 41.0 Å². The lowest BCUT2D eigenvalue weighted by Gasteiger charge is -2.17. The van der Waals surface area contributed by atoms with E-state index < -0.39 is 0 Å². The number of nitrogens with one attached hydrogen (secondary N) is 1. The summed E-state index contributed by atoms with van der Waals surface area (Å²) in [6, 6.07) is 16.4. The molecule has 0 aliphatic heterocycles. The lowest BCUT2D eigenvalue weighted by Crippen LogP contribution is -2.20. The predicted octanol–water partition coefficient (Wildman–Crippen LogP) is 6.00. The van der Waals surface area contributed by atoms with Crippen LogP contribution in [0.5, 0.6) is 0 Å². The van der Waals surface area contributed by atoms with E-state index in [0.29, 0.717) is 0 Å². The van der Waals surface area contributed by atoms with Crippen LogP contribution in [0.25, 0.3) is 0 Å². The van der Waals surface area contributed by atoms with Gasteiger partial charge in [-0.15, -0.1) is 22.7 Å². The van der Waals surface area contributed by atoms with E-state index in [0.717, 1.165) is 15.9 Å². The van der Waals surface area contributed by atoms with Crippen LogP contribution >= 0.6 is 45.9 Å². The normalized spacial score (nSPS) is 12.5. The first-order chi connectivity index (χ1) is 10.2. The van der Waals surface area contributed by atoms with E-state index in [-0.39, 0.29) is 6.04 Å². The summed E-state index contributed by atoms with van der Waals surface area (Å²) in [5, 5.41) is 6.46. The summed E-state index contributed by atoms with van der Waals surface area (Å²) in [6.07, 6.45) is 0. The maximum Gasteiger partial charge on any atom is 0.0931 e. The Balaban J connectivity index is 1.81. The molecule has 1 unspecified atom stereocenters. The van der Waals surface area contributed by atoms with Crippen molar-refractivity contribution in [2.24, 2.45) is 0 Å². The van der Waals surface area contributed by atoms with E-state index in [1.54, 1.807) is 22.7 Å². The molecule has 1 atom stereocenters. The first kappa shape index (κ1) is 15.1. The van der Waals surface area contributed by atoms with Gasteiger partial charge in [-0.05, 0) is 41.3 Å². The van der Waals surface area contributed by atoms with Crippen LogP contribution in [-0.4, -0.2) is 0 Å². The highest BCUT2D eigenvalue weighted by Crippen LogP contribution is 2.28. The zero-order valence-electron chi connectivity index (χ0n) is 11.1. The van der Waals surface area contributed by atoms with Gasteiger partial charge >= 0.3 is 0 Å². The highest BCUT2D eigenvalue weighted by Gasteiger charge is 2.15. The van der Waals surface area contributed by atoms with Gasteiger partial charge in [0.15, 0.2) is 0 Å². The second-order valence-electron chi connectivity index (χ2n) is 4.59. The van der Waals surface area contributed by atoms with Gasteiger partial charge in [0.25, 0.3) is 0 Å². The third-order valence-corrected chi connectivity index (χ3v) is 5.56. The van der Waals surface area contributed by atoms with Crippen molar-refractivity contribution in [3.63, 3.8) is 0 Å². The molecule has 1 aromatic carbocycles. The maximum atomic E-state index is 5.99. The minimum absolute atomic E-state index is 0.170. The number of halogens is 2. The summed E-state index contributed by atoms with van der Waals surface area (Å²) in [5.74, 6) is 0. The lowest BCUT2D eigenvalue weighted by atomic mass is 10.1. The Kier molecular flexibility index (Phi) is 4.99. The van der Waals surface area contributed by atoms with Gasteiger partial charge in [-0.25, -0.2) is 0 Å². The van der Waals surface area contributed by atoms with Crippen LogP contribution in [0.4, 0.5) is 0 Å². The Labute approximate surface area is 142 Å². The van der Waals surface area contributed by atoms with Gasteiger partial charge in [-0.3, -0.25) is 0 Å². The predicted molar refractivity (Wildman–Crippen MR) is 93.8 cm³/mol. The van der Waals surface area contributed by atoms with Crippen molar-refractivity contribution in [2.45, 2.75) is 12.6 Å². The van der Waals surface area contributed by atoms with E-state index in [9.17, 15) is 0 Å². The van der Waals surface area contributed by atoms with Gasteiger partial charge in [0.2, 0.25) is 0 Å². The molecular weight excluding hydrogens is 341 g/mol. The molecule has 5 heteroatoms. The van der Waals surface area contributed by atoms with Crippen molar-refractivity contribution in [2.75, 3.05) is 0 Å². The van der Waals surface area contributed by atoms with Crippen LogP contribution < -0.4 is 5.32 Å². The Bertz CT molecular complexity index is 689. The topological polar surface area (TPSA) is 12.0 Å². The van der Waals surface area contributed by atoms with Crippen molar-refractivity contribution < 1.29 is 0 Å². The molecule has 108 valence electrons. The molecule has 0 spiro atoms. The van der Waals surface area contributed by atoms with Crippen LogP contribution in [0.3, 0.4) is 0 Å². The summed E-state index contributed by atoms with van der Waals surface area (Å²) in [7, 11) is 0. The number of hydrogen-bond acceptors (Lipinski definition) is 3. The van der Waals surface area contributed by atoms with Crippen LogP contribution in [0.1, 0.15) is 21.4 Å². The second kappa shape index (κ2) is 6.95. The molecule has 21 heavy (non-hydrogen) atoms. The Morgan fingerprint density at radius 1 is 1.00 bits per heavy atom. The van der Waals surface area contributed by atoms with Crippen molar-refractivity contribution in [3.05, 3.63) is 78.6 Å². The standard InChI is InChI=1S/C16H13Cl2NS2/c17-12-5-3-11(4-6-12)16(14-2-1-9-20-14)19-10-13-7-8-15(18)21-13/h1-9,16,19H,10H2. The van der Waals surface area contributed by atoms with Gasteiger partial charge in [-0.1, -0.05) is 41.4 Å². The molecule has 1 N–H and O–H groups in total. The smallest absolute Gasteiger partial charge is 0.0931 e. The molecule has 0 saturated carbocycles. The number of benzene rings is 1. The van der Waals surface area contributed by atoms with Gasteiger partial charge in [-0.2, -0.15) is 0 Å². The molecule has 3 aromatic rings. The third-order valence-electron chi connectivity index (χ3n) is 3.14. The van der Waals surface area contributed by atoms with Crippen molar-refractivity contribution in [1.82, 2.24) is 5.32 Å². The fourth-order valence-corrected chi connectivity index (χ4v) is 4.13. The lowest BCUT2D eigenvalue weighted by molar-refractivity contribution is 0.618. The second-order valence-corrected chi connectivity index (χ2v) is 7.80. The van der Waals surface area contributed by atoms with Gasteiger partial charge in [0.05, 0.1) is 10.4 Å². The van der Waals surface area contributed by atoms with Crippen molar-refractivity contribution in [1.29, 1.82) is 0 Å². The van der Waals surface area contributed by atoms with E-state index in [4.69, 9.17) is 23.2 Å². The van der Waals surface area contributed by atoms with E-state index >= 15 is 0 Å². The Morgan fingerprint density at radius 2 is 1.81 bits per heavy atom. The first-order valence-corrected chi connectivity index (χ1v) is 8.94. The summed E-state index contributed by atoms with van der Waals surface area (Å²) < 4.78 is 0.825. The maximum absolute atomic E-state index is 5.99. The average molecular weight is 354 g/mol. The van der Waals surface area contributed by atoms with Crippen LogP contribution in [0.15, 0.2) is 53.9 Å². The summed E-state index contributed by atoms with van der Waals surface area (Å²) in [6.45, 7) is 0.794. The molecule has 3 rings (SSSR count). The fraction of sp³-hybridized carbons (Fsp3) is 0.125. The fourth-order valence-electron chi connectivity index (χ4n) is 2.14. The molecule has 1 nitrogen and oxygen atoms in total. The van der Waals surface area contributed by atoms with E-state index in [1.807, 2.05) is 18.2 Å². The van der Waals surface area contributed by atoms with E-state index in [1.165, 1.54) is 15.3 Å². The average Bonchev–Trinajstić information content (AvgIpc) is 3.13. The molecule has 2 heterocycles. The molecule has 0 saturated heterocycles. The zero-order chi connectivity index (χ0) is 14.7. The highest BCUT2D eigenvalue weighted by molar-refractivity contribution is 7.16. The summed E-state index contributed by atoms with van der Waals surface area (Å²) in [4.78, 5) is 2.52. The first-order valence-electron chi connectivity index (χ1n) is 6.49. The largest absolute Gasteiger partial charge is 0.301 e. The molecule has 2 aromatic heterocycles. The molecule has 0 aliphatic rings. The van der Waals surface area contributed by atoms with Gasteiger partial charge in [0.1, 0.15) is 0 Å². The molecule has 0 amide bonds. The third kappa shape index (κ3) is 3.87. The van der Waals surface area contributed by atoms with Gasteiger partial charge in [0, 0.05) is 21.3 Å². The van der Waals surface area contributed by atoms with Crippen molar-refractivity contribution in [3.8, 4) is 0 Å². The molecule has 0 fully saturated rings. The highest BCUT2D eigenvalue weighted by atomic mass is 35.5. The zero-order valence-corrected chi connectivity index (χ0v) is 14.2. The summed E-state index contributed by atoms with van der Waals surface area (Å²) in [5.41, 5.74) is 1.21. The number of hydrogen-bond donors (Lipinski definition) is 1. The summed E-state index contributed by atoms with van der Waals surface area (Å²) >= 11 is 15.3. The molecule has 0 aliphatic carbocycles. The number of thiophene rings is 2. The molecular formula is C16H13Cl2NS2. The van der Waals surface area contributed by atoms with Gasteiger partial charge < -0.3 is 5.32 Å². The van der Waals surface area contributed by atoms with Crippen LogP contribution in [-0.2, 0) is 6.54 Å². The minimum Gasteiger partial charge on any atom is -0.301 e. The molecule has 0 radical (unpaired) electrons. The minimum atomic E-state index is 0.170. The van der Waals surface area contributed by atoms with Crippen LogP contribution in [0, 0.1) is 0 Å². The quantitative estimate of drug-likeness (QED) is 0.593. The SMILES string of the molecule is Clc1ccc(C(NCc2ccc(Cl)s2)c2cccs2)cc1. The Morgan fingerprint density at radius 3 is 2.43 bits per heavy atom. The van der Waals surface area contributed by atoms with Crippen molar-refractivity contribution >= 4 is 45.9 Å². The number of rotatable bonds is 5. The molecule has 0 bridgehead atoms. The monoisotopic (exact) mass is 353 g/mol.